The minimum Gasteiger partial charge on any atom is -0.461 e. The van der Waals surface area contributed by atoms with Crippen molar-refractivity contribution in [3.05, 3.63) is 28.2 Å². The van der Waals surface area contributed by atoms with E-state index in [4.69, 9.17) is 27.9 Å². The second-order valence-corrected chi connectivity index (χ2v) is 5.65. The quantitative estimate of drug-likeness (QED) is 0.844. The van der Waals surface area contributed by atoms with Crippen LogP contribution in [0.1, 0.15) is 32.6 Å². The van der Waals surface area contributed by atoms with Crippen molar-refractivity contribution in [1.82, 2.24) is 0 Å². The summed E-state index contributed by atoms with van der Waals surface area (Å²) in [5.74, 6) is -0.224. The molecule has 0 heterocycles. The maximum Gasteiger partial charge on any atom is 0.328 e. The van der Waals surface area contributed by atoms with E-state index >= 15 is 0 Å². The summed E-state index contributed by atoms with van der Waals surface area (Å²) in [4.78, 5) is 11.9. The highest BCUT2D eigenvalue weighted by atomic mass is 35.5. The van der Waals surface area contributed by atoms with E-state index in [1.54, 1.807) is 25.1 Å². The molecule has 19 heavy (non-hydrogen) atoms. The Morgan fingerprint density at radius 2 is 2.00 bits per heavy atom. The monoisotopic (exact) mass is 301 g/mol. The van der Waals surface area contributed by atoms with Gasteiger partial charge in [0.25, 0.3) is 0 Å². The molecule has 1 saturated carbocycles. The van der Waals surface area contributed by atoms with Gasteiger partial charge in [0, 0.05) is 5.69 Å². The summed E-state index contributed by atoms with van der Waals surface area (Å²) in [5.41, 5.74) is 0.755. The van der Waals surface area contributed by atoms with Gasteiger partial charge in [-0.1, -0.05) is 23.2 Å². The van der Waals surface area contributed by atoms with Gasteiger partial charge in [-0.25, -0.2) is 4.79 Å². The lowest BCUT2D eigenvalue weighted by Gasteiger charge is -2.18. The summed E-state index contributed by atoms with van der Waals surface area (Å²) in [6.07, 6.45) is 4.33. The molecule has 1 fully saturated rings. The van der Waals surface area contributed by atoms with Crippen LogP contribution in [0.15, 0.2) is 18.2 Å². The fourth-order valence-electron chi connectivity index (χ4n) is 2.17. The number of carbonyl (C=O) groups is 1. The van der Waals surface area contributed by atoms with Crippen LogP contribution in [0.5, 0.6) is 0 Å². The lowest BCUT2D eigenvalue weighted by Crippen LogP contribution is -2.30. The molecule has 0 spiro atoms. The standard InChI is InChI=1S/C14H17Cl2NO2/c1-9(14(18)19-11-4-2-3-5-11)17-10-6-7-12(15)13(16)8-10/h6-9,11,17H,2-5H2,1H3/t9-/m0/s1. The Bertz CT molecular complexity index is 459. The smallest absolute Gasteiger partial charge is 0.328 e. The Morgan fingerprint density at radius 1 is 1.32 bits per heavy atom. The molecular weight excluding hydrogens is 285 g/mol. The van der Waals surface area contributed by atoms with Crippen molar-refractivity contribution in [2.45, 2.75) is 44.8 Å². The zero-order valence-corrected chi connectivity index (χ0v) is 12.3. The Morgan fingerprint density at radius 3 is 2.63 bits per heavy atom. The second kappa shape index (κ2) is 6.49. The first-order chi connectivity index (χ1) is 9.06. The maximum absolute atomic E-state index is 11.9. The first-order valence-electron chi connectivity index (χ1n) is 6.48. The van der Waals surface area contributed by atoms with E-state index in [2.05, 4.69) is 5.32 Å². The van der Waals surface area contributed by atoms with Gasteiger partial charge in [0.2, 0.25) is 0 Å². The third-order valence-electron chi connectivity index (χ3n) is 3.24. The molecule has 0 aromatic heterocycles. The summed E-state index contributed by atoms with van der Waals surface area (Å²) in [7, 11) is 0. The number of hydrogen-bond donors (Lipinski definition) is 1. The molecule has 1 atom stereocenters. The molecule has 0 bridgehead atoms. The molecule has 0 radical (unpaired) electrons. The van der Waals surface area contributed by atoms with Crippen LogP contribution in [0.4, 0.5) is 5.69 Å². The average Bonchev–Trinajstić information content (AvgIpc) is 2.86. The van der Waals surface area contributed by atoms with Crippen molar-refractivity contribution in [2.24, 2.45) is 0 Å². The predicted octanol–water partition coefficient (Wildman–Crippen LogP) is 4.28. The molecule has 104 valence electrons. The molecule has 0 saturated heterocycles. The number of anilines is 1. The highest BCUT2D eigenvalue weighted by Gasteiger charge is 2.22. The normalized spacial score (nSPS) is 17.2. The van der Waals surface area contributed by atoms with Crippen molar-refractivity contribution in [3.63, 3.8) is 0 Å². The maximum atomic E-state index is 11.9. The molecule has 2 rings (SSSR count). The topological polar surface area (TPSA) is 38.3 Å². The van der Waals surface area contributed by atoms with Crippen LogP contribution >= 0.6 is 23.2 Å². The Hall–Kier alpha value is -0.930. The lowest BCUT2D eigenvalue weighted by molar-refractivity contribution is -0.149. The molecule has 1 aromatic carbocycles. The number of carbonyl (C=O) groups excluding carboxylic acids is 1. The van der Waals surface area contributed by atoms with E-state index < -0.39 is 6.04 Å². The molecule has 1 aliphatic carbocycles. The van der Waals surface area contributed by atoms with Gasteiger partial charge in [0.05, 0.1) is 10.0 Å². The van der Waals surface area contributed by atoms with Gasteiger partial charge >= 0.3 is 5.97 Å². The molecule has 0 amide bonds. The van der Waals surface area contributed by atoms with Gasteiger partial charge in [0.1, 0.15) is 12.1 Å². The van der Waals surface area contributed by atoms with E-state index in [1.165, 1.54) is 0 Å². The molecular formula is C14H17Cl2NO2. The predicted molar refractivity (Wildman–Crippen MR) is 77.9 cm³/mol. The number of esters is 1. The SMILES string of the molecule is C[C@H](Nc1ccc(Cl)c(Cl)c1)C(=O)OC1CCCC1. The number of ether oxygens (including phenoxy) is 1. The van der Waals surface area contributed by atoms with Gasteiger partial charge in [0.15, 0.2) is 0 Å². The van der Waals surface area contributed by atoms with Crippen LogP contribution in [-0.4, -0.2) is 18.1 Å². The Balaban J connectivity index is 1.90. The third-order valence-corrected chi connectivity index (χ3v) is 3.98. The van der Waals surface area contributed by atoms with Crippen LogP contribution in [0.25, 0.3) is 0 Å². The molecule has 0 unspecified atom stereocenters. The van der Waals surface area contributed by atoms with Gasteiger partial charge in [-0.15, -0.1) is 0 Å². The fourth-order valence-corrected chi connectivity index (χ4v) is 2.47. The Kier molecular flexibility index (Phi) is 4.94. The Labute approximate surface area is 123 Å². The van der Waals surface area contributed by atoms with Crippen LogP contribution in [-0.2, 0) is 9.53 Å². The van der Waals surface area contributed by atoms with E-state index in [0.717, 1.165) is 31.4 Å². The van der Waals surface area contributed by atoms with E-state index in [9.17, 15) is 4.79 Å². The van der Waals surface area contributed by atoms with Gasteiger partial charge in [-0.2, -0.15) is 0 Å². The summed E-state index contributed by atoms with van der Waals surface area (Å²) < 4.78 is 5.44. The van der Waals surface area contributed by atoms with E-state index in [0.29, 0.717) is 10.0 Å². The zero-order valence-electron chi connectivity index (χ0n) is 10.8. The van der Waals surface area contributed by atoms with Crippen molar-refractivity contribution >= 4 is 34.9 Å². The lowest BCUT2D eigenvalue weighted by atomic mass is 10.2. The average molecular weight is 302 g/mol. The highest BCUT2D eigenvalue weighted by Crippen LogP contribution is 2.26. The first-order valence-corrected chi connectivity index (χ1v) is 7.24. The first kappa shape index (κ1) is 14.5. The number of hydrogen-bond acceptors (Lipinski definition) is 3. The van der Waals surface area contributed by atoms with Gasteiger partial charge < -0.3 is 10.1 Å². The fraction of sp³-hybridized carbons (Fsp3) is 0.500. The minimum absolute atomic E-state index is 0.0885. The number of rotatable bonds is 4. The summed E-state index contributed by atoms with van der Waals surface area (Å²) in [5, 5.41) is 4.02. The molecule has 3 nitrogen and oxygen atoms in total. The summed E-state index contributed by atoms with van der Waals surface area (Å²) in [6, 6.07) is 4.77. The zero-order chi connectivity index (χ0) is 13.8. The van der Waals surface area contributed by atoms with Crippen molar-refractivity contribution in [1.29, 1.82) is 0 Å². The van der Waals surface area contributed by atoms with Gasteiger partial charge in [-0.3, -0.25) is 0 Å². The molecule has 5 heteroatoms. The van der Waals surface area contributed by atoms with E-state index in [1.807, 2.05) is 0 Å². The number of nitrogens with one attached hydrogen (secondary N) is 1. The van der Waals surface area contributed by atoms with E-state index in [-0.39, 0.29) is 12.1 Å². The molecule has 1 aliphatic rings. The van der Waals surface area contributed by atoms with Gasteiger partial charge in [-0.05, 0) is 50.8 Å². The van der Waals surface area contributed by atoms with Crippen molar-refractivity contribution in [3.8, 4) is 0 Å². The highest BCUT2D eigenvalue weighted by molar-refractivity contribution is 6.42. The minimum atomic E-state index is -0.405. The summed E-state index contributed by atoms with van der Waals surface area (Å²) in [6.45, 7) is 1.78. The third kappa shape index (κ3) is 4.02. The largest absolute Gasteiger partial charge is 0.461 e. The molecule has 1 aromatic rings. The van der Waals surface area contributed by atoms with Crippen molar-refractivity contribution in [2.75, 3.05) is 5.32 Å². The van der Waals surface area contributed by atoms with Crippen LogP contribution in [0, 0.1) is 0 Å². The van der Waals surface area contributed by atoms with Crippen LogP contribution in [0.2, 0.25) is 10.0 Å². The van der Waals surface area contributed by atoms with Crippen LogP contribution < -0.4 is 5.32 Å². The molecule has 0 aliphatic heterocycles. The number of benzene rings is 1. The second-order valence-electron chi connectivity index (χ2n) is 4.84. The summed E-state index contributed by atoms with van der Waals surface area (Å²) >= 11 is 11.8. The van der Waals surface area contributed by atoms with Crippen molar-refractivity contribution < 1.29 is 9.53 Å². The molecule has 1 N–H and O–H groups in total. The van der Waals surface area contributed by atoms with Crippen LogP contribution in [0.3, 0.4) is 0 Å². The number of halogens is 2.